The molecule has 0 spiro atoms. The molecule has 2 N–H and O–H groups in total. The number of benzene rings is 1. The summed E-state index contributed by atoms with van der Waals surface area (Å²) in [7, 11) is 0. The number of carbonyl (C=O) groups excluding carboxylic acids is 1. The lowest BCUT2D eigenvalue weighted by atomic mass is 10.2. The van der Waals surface area contributed by atoms with Crippen LogP contribution in [0.1, 0.15) is 42.0 Å². The molecule has 0 aliphatic carbocycles. The number of nitrogens with zero attached hydrogens (tertiary/aromatic N) is 2. The van der Waals surface area contributed by atoms with E-state index in [1.807, 2.05) is 13.8 Å². The second-order valence-corrected chi connectivity index (χ2v) is 6.23. The van der Waals surface area contributed by atoms with Gasteiger partial charge in [0.15, 0.2) is 0 Å². The van der Waals surface area contributed by atoms with Gasteiger partial charge in [0.2, 0.25) is 5.95 Å². The number of halogens is 4. The summed E-state index contributed by atoms with van der Waals surface area (Å²) < 4.78 is 38.5. The molecule has 2 rings (SSSR count). The van der Waals surface area contributed by atoms with E-state index >= 15 is 0 Å². The van der Waals surface area contributed by atoms with Crippen molar-refractivity contribution < 1.29 is 18.0 Å². The summed E-state index contributed by atoms with van der Waals surface area (Å²) in [4.78, 5) is 20.7. The Morgan fingerprint density at radius 2 is 1.96 bits per heavy atom. The molecule has 1 unspecified atom stereocenters. The third-order valence-corrected chi connectivity index (χ3v) is 3.95. The Balaban J connectivity index is 2.28. The Bertz CT molecular complexity index is 811. The van der Waals surface area contributed by atoms with Crippen molar-refractivity contribution in [3.05, 3.63) is 46.2 Å². The predicted molar refractivity (Wildman–Crippen MR) is 94.6 cm³/mol. The number of rotatable bonds is 5. The lowest BCUT2D eigenvalue weighted by Gasteiger charge is -2.14. The van der Waals surface area contributed by atoms with E-state index in [-0.39, 0.29) is 28.4 Å². The molecule has 1 aromatic carbocycles. The molecule has 0 bridgehead atoms. The Hall–Kier alpha value is -2.35. The number of anilines is 2. The normalized spacial score (nSPS) is 12.6. The van der Waals surface area contributed by atoms with Crippen LogP contribution < -0.4 is 10.6 Å². The fourth-order valence-electron chi connectivity index (χ4n) is 2.06. The average Bonchev–Trinajstić information content (AvgIpc) is 2.55. The van der Waals surface area contributed by atoms with Crippen molar-refractivity contribution >= 4 is 29.1 Å². The van der Waals surface area contributed by atoms with E-state index in [4.69, 9.17) is 11.6 Å². The highest BCUT2D eigenvalue weighted by Crippen LogP contribution is 2.33. The van der Waals surface area contributed by atoms with Crippen molar-refractivity contribution in [2.24, 2.45) is 0 Å². The summed E-state index contributed by atoms with van der Waals surface area (Å²) in [5, 5.41) is 5.42. The van der Waals surface area contributed by atoms with Crippen LogP contribution in [0.5, 0.6) is 0 Å². The summed E-state index contributed by atoms with van der Waals surface area (Å²) in [6, 6.07) is 4.26. The van der Waals surface area contributed by atoms with Gasteiger partial charge in [-0.1, -0.05) is 18.5 Å². The third-order valence-electron chi connectivity index (χ3n) is 3.62. The zero-order valence-corrected chi connectivity index (χ0v) is 15.2. The van der Waals surface area contributed by atoms with Crippen LogP contribution in [-0.4, -0.2) is 21.9 Å². The maximum Gasteiger partial charge on any atom is 0.416 e. The molecule has 0 aliphatic rings. The highest BCUT2D eigenvalue weighted by atomic mass is 35.5. The lowest BCUT2D eigenvalue weighted by Crippen LogP contribution is -2.20. The molecule has 0 fully saturated rings. The summed E-state index contributed by atoms with van der Waals surface area (Å²) in [5.41, 5.74) is -0.475. The fraction of sp³-hybridized carbons (Fsp3) is 0.353. The van der Waals surface area contributed by atoms with Crippen LogP contribution >= 0.6 is 11.6 Å². The standard InChI is InChI=1S/C17H18ClF3N4O/c1-4-9(2)22-16-23-10(3)7-14(25-16)15(26)24-13-8-11(17(19,20)21)5-6-12(13)18/h5-9H,4H2,1-3H3,(H,24,26)(H,22,23,25). The molecule has 1 aromatic heterocycles. The smallest absolute Gasteiger partial charge is 0.352 e. The molecule has 2 aromatic rings. The molecule has 140 valence electrons. The zero-order valence-electron chi connectivity index (χ0n) is 14.4. The number of nitrogens with one attached hydrogen (secondary N) is 2. The molecule has 9 heteroatoms. The summed E-state index contributed by atoms with van der Waals surface area (Å²) in [6.45, 7) is 5.61. The Morgan fingerprint density at radius 3 is 2.58 bits per heavy atom. The van der Waals surface area contributed by atoms with Crippen molar-refractivity contribution in [1.29, 1.82) is 0 Å². The van der Waals surface area contributed by atoms with Gasteiger partial charge in [-0.15, -0.1) is 0 Å². The van der Waals surface area contributed by atoms with Gasteiger partial charge >= 0.3 is 6.18 Å². The highest BCUT2D eigenvalue weighted by Gasteiger charge is 2.31. The topological polar surface area (TPSA) is 66.9 Å². The van der Waals surface area contributed by atoms with E-state index in [2.05, 4.69) is 20.6 Å². The van der Waals surface area contributed by atoms with Crippen LogP contribution in [0.2, 0.25) is 5.02 Å². The van der Waals surface area contributed by atoms with Crippen molar-refractivity contribution in [2.75, 3.05) is 10.6 Å². The second-order valence-electron chi connectivity index (χ2n) is 5.82. The van der Waals surface area contributed by atoms with Crippen LogP contribution in [0, 0.1) is 6.92 Å². The number of amides is 1. The van der Waals surface area contributed by atoms with E-state index in [9.17, 15) is 18.0 Å². The molecule has 0 saturated carbocycles. The van der Waals surface area contributed by atoms with Gasteiger partial charge in [-0.2, -0.15) is 13.2 Å². The van der Waals surface area contributed by atoms with Gasteiger partial charge in [0.25, 0.3) is 5.91 Å². The molecule has 0 aliphatic heterocycles. The maximum absolute atomic E-state index is 12.8. The maximum atomic E-state index is 12.8. The van der Waals surface area contributed by atoms with Gasteiger partial charge in [0.1, 0.15) is 5.69 Å². The van der Waals surface area contributed by atoms with Gasteiger partial charge in [-0.05, 0) is 44.5 Å². The molecule has 1 amide bonds. The lowest BCUT2D eigenvalue weighted by molar-refractivity contribution is -0.137. The Morgan fingerprint density at radius 1 is 1.27 bits per heavy atom. The fourth-order valence-corrected chi connectivity index (χ4v) is 2.22. The van der Waals surface area contributed by atoms with Crippen LogP contribution in [0.15, 0.2) is 24.3 Å². The number of alkyl halides is 3. The van der Waals surface area contributed by atoms with E-state index in [1.165, 1.54) is 6.07 Å². The van der Waals surface area contributed by atoms with Crippen LogP contribution in [0.3, 0.4) is 0 Å². The first-order valence-corrected chi connectivity index (χ1v) is 8.28. The van der Waals surface area contributed by atoms with Crippen LogP contribution in [-0.2, 0) is 6.18 Å². The molecular formula is C17H18ClF3N4O. The minimum Gasteiger partial charge on any atom is -0.352 e. The monoisotopic (exact) mass is 386 g/mol. The molecular weight excluding hydrogens is 369 g/mol. The van der Waals surface area contributed by atoms with E-state index in [1.54, 1.807) is 6.92 Å². The largest absolute Gasteiger partial charge is 0.416 e. The van der Waals surface area contributed by atoms with Crippen molar-refractivity contribution in [3.8, 4) is 0 Å². The molecule has 0 radical (unpaired) electrons. The SMILES string of the molecule is CCC(C)Nc1nc(C)cc(C(=O)Nc2cc(C(F)(F)F)ccc2Cl)n1. The number of hydrogen-bond acceptors (Lipinski definition) is 4. The second kappa shape index (κ2) is 7.90. The Kier molecular flexibility index (Phi) is 6.07. The quantitative estimate of drug-likeness (QED) is 0.765. The molecule has 0 saturated heterocycles. The minimum atomic E-state index is -4.54. The molecule has 1 heterocycles. The van der Waals surface area contributed by atoms with Crippen molar-refractivity contribution in [2.45, 2.75) is 39.4 Å². The van der Waals surface area contributed by atoms with Crippen molar-refractivity contribution in [1.82, 2.24) is 9.97 Å². The average molecular weight is 387 g/mol. The predicted octanol–water partition coefficient (Wildman–Crippen LogP) is 4.92. The van der Waals surface area contributed by atoms with Gasteiger partial charge in [-0.3, -0.25) is 4.79 Å². The number of aromatic nitrogens is 2. The van der Waals surface area contributed by atoms with E-state index in [0.717, 1.165) is 24.6 Å². The van der Waals surface area contributed by atoms with Gasteiger partial charge in [-0.25, -0.2) is 9.97 Å². The van der Waals surface area contributed by atoms with Crippen LogP contribution in [0.25, 0.3) is 0 Å². The van der Waals surface area contributed by atoms with Crippen LogP contribution in [0.4, 0.5) is 24.8 Å². The summed E-state index contributed by atoms with van der Waals surface area (Å²) >= 11 is 5.90. The number of carbonyl (C=O) groups is 1. The van der Waals surface area contributed by atoms with Gasteiger partial charge in [0.05, 0.1) is 16.3 Å². The number of hydrogen-bond donors (Lipinski definition) is 2. The first kappa shape index (κ1) is 20.0. The minimum absolute atomic E-state index is 0.00455. The van der Waals surface area contributed by atoms with Gasteiger partial charge < -0.3 is 10.6 Å². The first-order valence-electron chi connectivity index (χ1n) is 7.90. The van der Waals surface area contributed by atoms with E-state index < -0.39 is 17.6 Å². The summed E-state index contributed by atoms with van der Waals surface area (Å²) in [5.74, 6) is -0.399. The third kappa shape index (κ3) is 5.08. The highest BCUT2D eigenvalue weighted by molar-refractivity contribution is 6.33. The molecule has 26 heavy (non-hydrogen) atoms. The molecule has 1 atom stereocenters. The zero-order chi connectivity index (χ0) is 19.5. The molecule has 5 nitrogen and oxygen atoms in total. The first-order chi connectivity index (χ1) is 12.1. The van der Waals surface area contributed by atoms with E-state index in [0.29, 0.717) is 5.69 Å². The number of aryl methyl sites for hydroxylation is 1. The Labute approximate surface area is 154 Å². The summed E-state index contributed by atoms with van der Waals surface area (Å²) in [6.07, 6.45) is -3.71. The van der Waals surface area contributed by atoms with Crippen molar-refractivity contribution in [3.63, 3.8) is 0 Å². The van der Waals surface area contributed by atoms with Gasteiger partial charge in [0, 0.05) is 11.7 Å².